The topological polar surface area (TPSA) is 44.8 Å². The second kappa shape index (κ2) is 7.33. The van der Waals surface area contributed by atoms with Gasteiger partial charge in [-0.15, -0.1) is 0 Å². The fourth-order valence-electron chi connectivity index (χ4n) is 1.85. The van der Waals surface area contributed by atoms with Crippen LogP contribution in [0.5, 0.6) is 11.5 Å². The highest BCUT2D eigenvalue weighted by molar-refractivity contribution is 5.90. The summed E-state index contributed by atoms with van der Waals surface area (Å²) in [6.07, 6.45) is 0. The van der Waals surface area contributed by atoms with Crippen molar-refractivity contribution in [2.75, 3.05) is 13.7 Å². The normalized spacial score (nSPS) is 10.0. The molecule has 0 heterocycles. The van der Waals surface area contributed by atoms with E-state index in [9.17, 15) is 4.79 Å². The molecular formula is C17H18O4. The summed E-state index contributed by atoms with van der Waals surface area (Å²) in [5, 5.41) is 0. The number of benzene rings is 2. The minimum absolute atomic E-state index is 0.330. The molecule has 0 bridgehead atoms. The van der Waals surface area contributed by atoms with Crippen LogP contribution in [0, 0.1) is 0 Å². The molecule has 4 heteroatoms. The van der Waals surface area contributed by atoms with Gasteiger partial charge in [0, 0.05) is 6.07 Å². The highest BCUT2D eigenvalue weighted by Crippen LogP contribution is 2.24. The van der Waals surface area contributed by atoms with Crippen LogP contribution in [0.25, 0.3) is 0 Å². The molecule has 0 aromatic heterocycles. The summed E-state index contributed by atoms with van der Waals surface area (Å²) in [5.41, 5.74) is 1.47. The van der Waals surface area contributed by atoms with Crippen molar-refractivity contribution < 1.29 is 19.0 Å². The van der Waals surface area contributed by atoms with Gasteiger partial charge in [0.25, 0.3) is 0 Å². The van der Waals surface area contributed by atoms with E-state index < -0.39 is 0 Å². The molecule has 0 unspecified atom stereocenters. The van der Waals surface area contributed by atoms with Gasteiger partial charge in [0.15, 0.2) is 0 Å². The predicted molar refractivity (Wildman–Crippen MR) is 79.7 cm³/mol. The zero-order chi connectivity index (χ0) is 15.1. The lowest BCUT2D eigenvalue weighted by atomic mass is 10.2. The van der Waals surface area contributed by atoms with Crippen LogP contribution in [0.2, 0.25) is 0 Å². The van der Waals surface area contributed by atoms with Crippen molar-refractivity contribution in [1.29, 1.82) is 0 Å². The van der Waals surface area contributed by atoms with E-state index in [4.69, 9.17) is 14.2 Å². The number of rotatable bonds is 6. The maximum atomic E-state index is 11.8. The van der Waals surface area contributed by atoms with E-state index in [1.54, 1.807) is 32.2 Å². The molecule has 2 aromatic rings. The molecule has 0 spiro atoms. The van der Waals surface area contributed by atoms with Gasteiger partial charge in [-0.2, -0.15) is 0 Å². The molecule has 21 heavy (non-hydrogen) atoms. The van der Waals surface area contributed by atoms with Gasteiger partial charge >= 0.3 is 5.97 Å². The molecule has 0 saturated carbocycles. The molecule has 2 rings (SSSR count). The minimum atomic E-state index is -0.388. The van der Waals surface area contributed by atoms with Crippen molar-refractivity contribution >= 4 is 5.97 Å². The van der Waals surface area contributed by atoms with E-state index in [1.165, 1.54) is 0 Å². The molecule has 0 aliphatic rings. The molecule has 0 amide bonds. The van der Waals surface area contributed by atoms with Crippen LogP contribution in [0.3, 0.4) is 0 Å². The molecule has 4 nitrogen and oxygen atoms in total. The van der Waals surface area contributed by atoms with Crippen LogP contribution in [0.15, 0.2) is 48.5 Å². The van der Waals surface area contributed by atoms with Crippen molar-refractivity contribution in [3.63, 3.8) is 0 Å². The van der Waals surface area contributed by atoms with Gasteiger partial charge in [-0.25, -0.2) is 4.79 Å². The largest absolute Gasteiger partial charge is 0.497 e. The number of carbonyl (C=O) groups is 1. The maximum Gasteiger partial charge on any atom is 0.338 e. The summed E-state index contributed by atoms with van der Waals surface area (Å²) >= 11 is 0. The van der Waals surface area contributed by atoms with Crippen LogP contribution in [0.1, 0.15) is 22.8 Å². The second-order valence-corrected chi connectivity index (χ2v) is 4.39. The molecule has 0 aliphatic heterocycles. The monoisotopic (exact) mass is 286 g/mol. The summed E-state index contributed by atoms with van der Waals surface area (Å²) in [4.78, 5) is 11.8. The standard InChI is InChI=1S/C17H18O4/c1-3-20-17(18)14-9-15(19-2)11-16(10-14)21-12-13-7-5-4-6-8-13/h4-11H,3,12H2,1-2H3. The Hall–Kier alpha value is -2.49. The number of esters is 1. The lowest BCUT2D eigenvalue weighted by Crippen LogP contribution is -2.05. The molecule has 0 saturated heterocycles. The number of hydrogen-bond acceptors (Lipinski definition) is 4. The predicted octanol–water partition coefficient (Wildman–Crippen LogP) is 3.45. The Labute approximate surface area is 124 Å². The Balaban J connectivity index is 2.14. The fraction of sp³-hybridized carbons (Fsp3) is 0.235. The first-order valence-electron chi connectivity index (χ1n) is 6.76. The first-order chi connectivity index (χ1) is 10.2. The average Bonchev–Trinajstić information content (AvgIpc) is 2.54. The first-order valence-corrected chi connectivity index (χ1v) is 6.76. The zero-order valence-corrected chi connectivity index (χ0v) is 12.2. The van der Waals surface area contributed by atoms with Crippen molar-refractivity contribution in [3.8, 4) is 11.5 Å². The van der Waals surface area contributed by atoms with Gasteiger partial charge in [0.2, 0.25) is 0 Å². The first kappa shape index (κ1) is 14.9. The van der Waals surface area contributed by atoms with E-state index in [1.807, 2.05) is 30.3 Å². The Kier molecular flexibility index (Phi) is 5.21. The fourth-order valence-corrected chi connectivity index (χ4v) is 1.85. The van der Waals surface area contributed by atoms with Crippen LogP contribution >= 0.6 is 0 Å². The Morgan fingerprint density at radius 2 is 1.76 bits per heavy atom. The van der Waals surface area contributed by atoms with E-state index >= 15 is 0 Å². The molecular weight excluding hydrogens is 268 g/mol. The Bertz CT molecular complexity index is 593. The quantitative estimate of drug-likeness (QED) is 0.763. The summed E-state index contributed by atoms with van der Waals surface area (Å²) < 4.78 is 15.9. The van der Waals surface area contributed by atoms with E-state index in [2.05, 4.69) is 0 Å². The number of hydrogen-bond donors (Lipinski definition) is 0. The second-order valence-electron chi connectivity index (χ2n) is 4.39. The molecule has 0 N–H and O–H groups in total. The smallest absolute Gasteiger partial charge is 0.338 e. The minimum Gasteiger partial charge on any atom is -0.497 e. The zero-order valence-electron chi connectivity index (χ0n) is 12.2. The van der Waals surface area contributed by atoms with Gasteiger partial charge < -0.3 is 14.2 Å². The molecule has 0 radical (unpaired) electrons. The van der Waals surface area contributed by atoms with Crippen molar-refractivity contribution in [1.82, 2.24) is 0 Å². The van der Waals surface area contributed by atoms with Crippen LogP contribution in [-0.4, -0.2) is 19.7 Å². The van der Waals surface area contributed by atoms with E-state index in [0.717, 1.165) is 5.56 Å². The lowest BCUT2D eigenvalue weighted by molar-refractivity contribution is 0.0525. The van der Waals surface area contributed by atoms with Crippen LogP contribution < -0.4 is 9.47 Å². The van der Waals surface area contributed by atoms with Crippen LogP contribution in [0.4, 0.5) is 0 Å². The molecule has 0 fully saturated rings. The highest BCUT2D eigenvalue weighted by Gasteiger charge is 2.11. The van der Waals surface area contributed by atoms with Gasteiger partial charge in [-0.1, -0.05) is 30.3 Å². The average molecular weight is 286 g/mol. The molecule has 110 valence electrons. The highest BCUT2D eigenvalue weighted by atomic mass is 16.5. The van der Waals surface area contributed by atoms with E-state index in [-0.39, 0.29) is 5.97 Å². The van der Waals surface area contributed by atoms with Gasteiger partial charge in [0.1, 0.15) is 18.1 Å². The Morgan fingerprint density at radius 3 is 2.43 bits per heavy atom. The van der Waals surface area contributed by atoms with Crippen LogP contribution in [-0.2, 0) is 11.3 Å². The third kappa shape index (κ3) is 4.24. The SMILES string of the molecule is CCOC(=O)c1cc(OC)cc(OCc2ccccc2)c1. The van der Waals surface area contributed by atoms with Crippen molar-refractivity contribution in [2.45, 2.75) is 13.5 Å². The molecule has 2 aromatic carbocycles. The summed E-state index contributed by atoms with van der Waals surface area (Å²) in [6.45, 7) is 2.53. The van der Waals surface area contributed by atoms with E-state index in [0.29, 0.717) is 30.3 Å². The number of ether oxygens (including phenoxy) is 3. The summed E-state index contributed by atoms with van der Waals surface area (Å²) in [5.74, 6) is 0.742. The van der Waals surface area contributed by atoms with Gasteiger partial charge in [-0.3, -0.25) is 0 Å². The van der Waals surface area contributed by atoms with Crippen molar-refractivity contribution in [3.05, 3.63) is 59.7 Å². The Morgan fingerprint density at radius 1 is 1.05 bits per heavy atom. The third-order valence-corrected chi connectivity index (χ3v) is 2.88. The lowest BCUT2D eigenvalue weighted by Gasteiger charge is -2.10. The van der Waals surface area contributed by atoms with Gasteiger partial charge in [0.05, 0.1) is 19.3 Å². The maximum absolute atomic E-state index is 11.8. The number of methoxy groups -OCH3 is 1. The van der Waals surface area contributed by atoms with Crippen molar-refractivity contribution in [2.24, 2.45) is 0 Å². The summed E-state index contributed by atoms with van der Waals surface area (Å²) in [7, 11) is 1.55. The number of carbonyl (C=O) groups excluding carboxylic acids is 1. The van der Waals surface area contributed by atoms with Gasteiger partial charge in [-0.05, 0) is 24.6 Å². The molecule has 0 aliphatic carbocycles. The summed E-state index contributed by atoms with van der Waals surface area (Å²) in [6, 6.07) is 14.8. The third-order valence-electron chi connectivity index (χ3n) is 2.88. The molecule has 0 atom stereocenters.